The molecule has 1 aliphatic rings. The first kappa shape index (κ1) is 15.5. The summed E-state index contributed by atoms with van der Waals surface area (Å²) in [6.07, 6.45) is 2.50. The van der Waals surface area contributed by atoms with E-state index in [1.807, 2.05) is 12.1 Å². The fourth-order valence-electron chi connectivity index (χ4n) is 2.37. The lowest BCUT2D eigenvalue weighted by molar-refractivity contribution is -0.147. The first-order valence-electron chi connectivity index (χ1n) is 6.38. The number of esters is 1. The van der Waals surface area contributed by atoms with Crippen molar-refractivity contribution in [2.24, 2.45) is 0 Å². The van der Waals surface area contributed by atoms with Gasteiger partial charge in [0.15, 0.2) is 0 Å². The lowest BCUT2D eigenvalue weighted by Gasteiger charge is -2.34. The maximum atomic E-state index is 12.6. The molecule has 1 heterocycles. The molecule has 1 fully saturated rings. The molecule has 0 bridgehead atoms. The minimum atomic E-state index is -0.475. The standard InChI is InChI=1S/C14H15Br2NO3/c1-20-14(19)12-4-2-3-7-17(12)13(18)10-6-5-9(15)8-11(10)16/h5-6,8,12H,2-4,7H2,1H3/t12-/m1/s1. The monoisotopic (exact) mass is 403 g/mol. The summed E-state index contributed by atoms with van der Waals surface area (Å²) in [4.78, 5) is 26.1. The summed E-state index contributed by atoms with van der Waals surface area (Å²) in [5.41, 5.74) is 0.559. The molecule has 1 aliphatic heterocycles. The SMILES string of the molecule is COC(=O)[C@H]1CCCCN1C(=O)c1ccc(Br)cc1Br. The average molecular weight is 405 g/mol. The van der Waals surface area contributed by atoms with Crippen molar-refractivity contribution in [1.82, 2.24) is 4.90 Å². The van der Waals surface area contributed by atoms with E-state index in [-0.39, 0.29) is 11.9 Å². The van der Waals surface area contributed by atoms with Crippen LogP contribution in [0.2, 0.25) is 0 Å². The molecule has 0 spiro atoms. The topological polar surface area (TPSA) is 46.6 Å². The van der Waals surface area contributed by atoms with Gasteiger partial charge in [-0.25, -0.2) is 4.79 Å². The normalized spacial score (nSPS) is 18.8. The van der Waals surface area contributed by atoms with Crippen molar-refractivity contribution in [3.8, 4) is 0 Å². The van der Waals surface area contributed by atoms with Gasteiger partial charge in [-0.3, -0.25) is 4.79 Å². The Morgan fingerprint density at radius 3 is 2.70 bits per heavy atom. The lowest BCUT2D eigenvalue weighted by atomic mass is 10.0. The maximum Gasteiger partial charge on any atom is 0.328 e. The van der Waals surface area contributed by atoms with Crippen molar-refractivity contribution >= 4 is 43.7 Å². The largest absolute Gasteiger partial charge is 0.467 e. The van der Waals surface area contributed by atoms with Gasteiger partial charge in [0, 0.05) is 15.5 Å². The quantitative estimate of drug-likeness (QED) is 0.710. The lowest BCUT2D eigenvalue weighted by Crippen LogP contribution is -2.48. The number of rotatable bonds is 2. The number of carbonyl (C=O) groups is 2. The van der Waals surface area contributed by atoms with Crippen LogP contribution >= 0.6 is 31.9 Å². The molecule has 4 nitrogen and oxygen atoms in total. The Hall–Kier alpha value is -0.880. The smallest absolute Gasteiger partial charge is 0.328 e. The summed E-state index contributed by atoms with van der Waals surface area (Å²) >= 11 is 6.75. The van der Waals surface area contributed by atoms with Gasteiger partial charge in [0.25, 0.3) is 5.91 Å². The van der Waals surface area contributed by atoms with E-state index >= 15 is 0 Å². The zero-order valence-corrected chi connectivity index (χ0v) is 14.2. The number of piperidine rings is 1. The molecule has 0 aliphatic carbocycles. The van der Waals surface area contributed by atoms with Crippen molar-refractivity contribution in [1.29, 1.82) is 0 Å². The molecule has 1 saturated heterocycles. The Balaban J connectivity index is 2.27. The minimum Gasteiger partial charge on any atom is -0.467 e. The molecule has 1 atom stereocenters. The molecule has 2 rings (SSSR count). The van der Waals surface area contributed by atoms with Gasteiger partial charge in [-0.15, -0.1) is 0 Å². The van der Waals surface area contributed by atoms with Crippen molar-refractivity contribution in [3.05, 3.63) is 32.7 Å². The number of methoxy groups -OCH3 is 1. The molecule has 1 aromatic carbocycles. The highest BCUT2D eigenvalue weighted by Gasteiger charge is 2.33. The van der Waals surface area contributed by atoms with E-state index in [9.17, 15) is 9.59 Å². The molecule has 6 heteroatoms. The summed E-state index contributed by atoms with van der Waals surface area (Å²) in [6, 6.07) is 4.91. The Morgan fingerprint density at radius 2 is 2.05 bits per heavy atom. The molecule has 20 heavy (non-hydrogen) atoms. The second kappa shape index (κ2) is 6.72. The van der Waals surface area contributed by atoms with Gasteiger partial charge in [0.2, 0.25) is 0 Å². The van der Waals surface area contributed by atoms with Gasteiger partial charge >= 0.3 is 5.97 Å². The Morgan fingerprint density at radius 1 is 1.30 bits per heavy atom. The van der Waals surface area contributed by atoms with E-state index in [1.54, 1.807) is 11.0 Å². The number of benzene rings is 1. The van der Waals surface area contributed by atoms with Crippen LogP contribution in [0.5, 0.6) is 0 Å². The van der Waals surface area contributed by atoms with Crippen LogP contribution in [0.4, 0.5) is 0 Å². The van der Waals surface area contributed by atoms with Gasteiger partial charge in [-0.1, -0.05) is 15.9 Å². The van der Waals surface area contributed by atoms with E-state index in [4.69, 9.17) is 4.74 Å². The Bertz CT molecular complexity index is 533. The molecule has 0 unspecified atom stereocenters. The molecule has 0 radical (unpaired) electrons. The van der Waals surface area contributed by atoms with Crippen LogP contribution < -0.4 is 0 Å². The fraction of sp³-hybridized carbons (Fsp3) is 0.429. The second-order valence-electron chi connectivity index (χ2n) is 4.66. The van der Waals surface area contributed by atoms with Crippen LogP contribution in [0.1, 0.15) is 29.6 Å². The predicted octanol–water partition coefficient (Wildman–Crippen LogP) is 3.38. The zero-order valence-electron chi connectivity index (χ0n) is 11.1. The molecule has 0 N–H and O–H groups in total. The first-order valence-corrected chi connectivity index (χ1v) is 7.97. The van der Waals surface area contributed by atoms with Gasteiger partial charge in [0.1, 0.15) is 6.04 Å². The van der Waals surface area contributed by atoms with E-state index in [0.717, 1.165) is 17.3 Å². The van der Waals surface area contributed by atoms with E-state index in [2.05, 4.69) is 31.9 Å². The highest BCUT2D eigenvalue weighted by Crippen LogP contribution is 2.26. The Labute approximate surface area is 134 Å². The van der Waals surface area contributed by atoms with Crippen molar-refractivity contribution in [2.75, 3.05) is 13.7 Å². The summed E-state index contributed by atoms with van der Waals surface area (Å²) in [6.45, 7) is 0.584. The van der Waals surface area contributed by atoms with Crippen LogP contribution in [0.3, 0.4) is 0 Å². The summed E-state index contributed by atoms with van der Waals surface area (Å²) in [7, 11) is 1.36. The zero-order chi connectivity index (χ0) is 14.7. The maximum absolute atomic E-state index is 12.6. The van der Waals surface area contributed by atoms with Crippen molar-refractivity contribution in [2.45, 2.75) is 25.3 Å². The summed E-state index contributed by atoms with van der Waals surface area (Å²) in [5.74, 6) is -0.481. The molecule has 0 saturated carbocycles. The molecular weight excluding hydrogens is 390 g/mol. The van der Waals surface area contributed by atoms with Gasteiger partial charge in [-0.2, -0.15) is 0 Å². The fourth-order valence-corrected chi connectivity index (χ4v) is 3.59. The number of likely N-dealkylation sites (tertiary alicyclic amines) is 1. The first-order chi connectivity index (χ1) is 9.54. The van der Waals surface area contributed by atoms with Crippen molar-refractivity contribution in [3.63, 3.8) is 0 Å². The van der Waals surface area contributed by atoms with Gasteiger partial charge in [-0.05, 0) is 53.4 Å². The van der Waals surface area contributed by atoms with Crippen LogP contribution in [-0.2, 0) is 9.53 Å². The molecule has 1 aromatic rings. The van der Waals surface area contributed by atoms with Crippen LogP contribution in [0, 0.1) is 0 Å². The Kier molecular flexibility index (Phi) is 5.21. The number of nitrogens with zero attached hydrogens (tertiary/aromatic N) is 1. The highest BCUT2D eigenvalue weighted by molar-refractivity contribution is 9.11. The molecule has 1 amide bonds. The third-order valence-corrected chi connectivity index (χ3v) is 4.55. The number of hydrogen-bond donors (Lipinski definition) is 0. The number of hydrogen-bond acceptors (Lipinski definition) is 3. The van der Waals surface area contributed by atoms with E-state index in [0.29, 0.717) is 23.0 Å². The van der Waals surface area contributed by atoms with Crippen LogP contribution in [0.15, 0.2) is 27.1 Å². The average Bonchev–Trinajstić information content (AvgIpc) is 2.46. The number of halogens is 2. The molecule has 108 valence electrons. The third-order valence-electron chi connectivity index (χ3n) is 3.40. The highest BCUT2D eigenvalue weighted by atomic mass is 79.9. The van der Waals surface area contributed by atoms with Gasteiger partial charge in [0.05, 0.1) is 12.7 Å². The van der Waals surface area contributed by atoms with Gasteiger partial charge < -0.3 is 9.64 Å². The second-order valence-corrected chi connectivity index (χ2v) is 6.43. The van der Waals surface area contributed by atoms with Crippen LogP contribution in [0.25, 0.3) is 0 Å². The van der Waals surface area contributed by atoms with Crippen LogP contribution in [-0.4, -0.2) is 36.5 Å². The van der Waals surface area contributed by atoms with Crippen molar-refractivity contribution < 1.29 is 14.3 Å². The van der Waals surface area contributed by atoms with E-state index < -0.39 is 6.04 Å². The summed E-state index contributed by atoms with van der Waals surface area (Å²) in [5, 5.41) is 0. The predicted molar refractivity (Wildman–Crippen MR) is 82.5 cm³/mol. The van der Waals surface area contributed by atoms with E-state index in [1.165, 1.54) is 7.11 Å². The number of amides is 1. The minimum absolute atomic E-state index is 0.139. The molecular formula is C14H15Br2NO3. The number of carbonyl (C=O) groups excluding carboxylic acids is 2. The molecule has 0 aromatic heterocycles. The number of ether oxygens (including phenoxy) is 1. The third kappa shape index (κ3) is 3.23. The summed E-state index contributed by atoms with van der Waals surface area (Å²) < 4.78 is 6.41.